The zero-order valence-electron chi connectivity index (χ0n) is 12.3. The summed E-state index contributed by atoms with van der Waals surface area (Å²) < 4.78 is 11.7. The molecule has 0 aromatic rings. The zero-order valence-corrected chi connectivity index (χ0v) is 13.3. The van der Waals surface area contributed by atoms with Crippen molar-refractivity contribution in [2.24, 2.45) is 0 Å². The fraction of sp³-hybridized carbons (Fsp3) is 0.857. The Labute approximate surface area is 108 Å². The van der Waals surface area contributed by atoms with Gasteiger partial charge >= 0.3 is 0 Å². The standard InChI is InChI=1S/C14H28O2Si/c1-8-14(5)12(16-14)10-9-11-15-17(6,7)13(2,3)4/h8,12H,1,9-11H2,2-7H3/t12-,14-/m1/s1. The molecule has 1 heterocycles. The normalized spacial score (nSPS) is 29.2. The lowest BCUT2D eigenvalue weighted by Gasteiger charge is -2.36. The summed E-state index contributed by atoms with van der Waals surface area (Å²) in [7, 11) is -1.56. The lowest BCUT2D eigenvalue weighted by atomic mass is 10.1. The van der Waals surface area contributed by atoms with Gasteiger partial charge in [-0.2, -0.15) is 0 Å². The van der Waals surface area contributed by atoms with Crippen molar-refractivity contribution in [3.8, 4) is 0 Å². The van der Waals surface area contributed by atoms with Crippen molar-refractivity contribution in [2.75, 3.05) is 6.61 Å². The average molecular weight is 256 g/mol. The van der Waals surface area contributed by atoms with E-state index in [0.29, 0.717) is 11.1 Å². The zero-order chi connectivity index (χ0) is 13.3. The maximum Gasteiger partial charge on any atom is 0.191 e. The van der Waals surface area contributed by atoms with Gasteiger partial charge in [0.15, 0.2) is 8.32 Å². The summed E-state index contributed by atoms with van der Waals surface area (Å²) in [5.41, 5.74) is -0.0586. The maximum absolute atomic E-state index is 6.13. The maximum atomic E-state index is 6.13. The lowest BCUT2D eigenvalue weighted by molar-refractivity contribution is 0.268. The van der Waals surface area contributed by atoms with Crippen LogP contribution in [0.1, 0.15) is 40.5 Å². The fourth-order valence-corrected chi connectivity index (χ4v) is 2.70. The number of epoxide rings is 1. The lowest BCUT2D eigenvalue weighted by Crippen LogP contribution is -2.41. The van der Waals surface area contributed by atoms with E-state index in [4.69, 9.17) is 9.16 Å². The fourth-order valence-electron chi connectivity index (χ4n) is 1.61. The molecule has 100 valence electrons. The van der Waals surface area contributed by atoms with Gasteiger partial charge in [-0.3, -0.25) is 0 Å². The second-order valence-corrected chi connectivity index (χ2v) is 11.6. The van der Waals surface area contributed by atoms with Gasteiger partial charge in [-0.1, -0.05) is 26.8 Å². The van der Waals surface area contributed by atoms with E-state index in [1.165, 1.54) is 0 Å². The van der Waals surface area contributed by atoms with E-state index in [9.17, 15) is 0 Å². The molecular weight excluding hydrogens is 228 g/mol. The highest BCUT2D eigenvalue weighted by Crippen LogP contribution is 2.40. The van der Waals surface area contributed by atoms with Crippen LogP contribution in [0.5, 0.6) is 0 Å². The average Bonchev–Trinajstić information content (AvgIpc) is 2.84. The predicted molar refractivity (Wildman–Crippen MR) is 75.9 cm³/mol. The van der Waals surface area contributed by atoms with Gasteiger partial charge < -0.3 is 9.16 Å². The Morgan fingerprint density at radius 3 is 2.41 bits per heavy atom. The Hall–Kier alpha value is -0.123. The van der Waals surface area contributed by atoms with E-state index in [1.54, 1.807) is 0 Å². The molecule has 0 N–H and O–H groups in total. The van der Waals surface area contributed by atoms with Crippen LogP contribution >= 0.6 is 0 Å². The third kappa shape index (κ3) is 3.67. The molecule has 1 fully saturated rings. The van der Waals surface area contributed by atoms with E-state index < -0.39 is 8.32 Å². The Balaban J connectivity index is 2.20. The van der Waals surface area contributed by atoms with Gasteiger partial charge in [0, 0.05) is 6.61 Å². The first kappa shape index (κ1) is 14.9. The number of ether oxygens (including phenoxy) is 1. The molecule has 0 bridgehead atoms. The molecule has 0 unspecified atom stereocenters. The summed E-state index contributed by atoms with van der Waals surface area (Å²) in [6, 6.07) is 0. The number of hydrogen-bond donors (Lipinski definition) is 0. The van der Waals surface area contributed by atoms with Crippen molar-refractivity contribution < 1.29 is 9.16 Å². The Kier molecular flexibility index (Phi) is 4.27. The van der Waals surface area contributed by atoms with Crippen molar-refractivity contribution in [1.29, 1.82) is 0 Å². The van der Waals surface area contributed by atoms with E-state index >= 15 is 0 Å². The van der Waals surface area contributed by atoms with Gasteiger partial charge in [0.05, 0.1) is 6.10 Å². The minimum Gasteiger partial charge on any atom is -0.417 e. The molecule has 1 saturated heterocycles. The first-order valence-corrected chi connectivity index (χ1v) is 9.48. The minimum absolute atomic E-state index is 0.0586. The molecule has 3 heteroatoms. The van der Waals surface area contributed by atoms with Gasteiger partial charge in [0.25, 0.3) is 0 Å². The summed E-state index contributed by atoms with van der Waals surface area (Å²) in [5, 5.41) is 0.304. The summed E-state index contributed by atoms with van der Waals surface area (Å²) in [5.74, 6) is 0. The summed E-state index contributed by atoms with van der Waals surface area (Å²) in [4.78, 5) is 0. The van der Waals surface area contributed by atoms with Crippen molar-refractivity contribution in [2.45, 2.75) is 70.4 Å². The molecular formula is C14H28O2Si. The van der Waals surface area contributed by atoms with E-state index in [-0.39, 0.29) is 5.60 Å². The molecule has 0 amide bonds. The van der Waals surface area contributed by atoms with Crippen molar-refractivity contribution >= 4 is 8.32 Å². The molecule has 0 spiro atoms. The van der Waals surface area contributed by atoms with Crippen LogP contribution in [0.15, 0.2) is 12.7 Å². The molecule has 1 rings (SSSR count). The quantitative estimate of drug-likeness (QED) is 0.308. The van der Waals surface area contributed by atoms with Crippen LogP contribution in [0.2, 0.25) is 18.1 Å². The Bertz CT molecular complexity index is 280. The third-order valence-corrected chi connectivity index (χ3v) is 8.80. The SMILES string of the molecule is C=C[C@@]1(C)O[C@@H]1CCCO[Si](C)(C)C(C)(C)C. The van der Waals surface area contributed by atoms with Gasteiger partial charge in [-0.25, -0.2) is 0 Å². The molecule has 0 radical (unpaired) electrons. The monoisotopic (exact) mass is 256 g/mol. The highest BCUT2D eigenvalue weighted by atomic mass is 28.4. The van der Waals surface area contributed by atoms with Gasteiger partial charge in [0.1, 0.15) is 5.60 Å². The van der Waals surface area contributed by atoms with Crippen LogP contribution in [0.4, 0.5) is 0 Å². The van der Waals surface area contributed by atoms with Gasteiger partial charge in [0.2, 0.25) is 0 Å². The molecule has 1 aliphatic rings. The smallest absolute Gasteiger partial charge is 0.191 e. The highest BCUT2D eigenvalue weighted by Gasteiger charge is 2.48. The summed E-state index contributed by atoms with van der Waals surface area (Å²) in [6.45, 7) is 18.2. The molecule has 0 saturated carbocycles. The predicted octanol–water partition coefficient (Wildman–Crippen LogP) is 4.13. The van der Waals surface area contributed by atoms with Crippen LogP contribution in [-0.2, 0) is 9.16 Å². The molecule has 1 aliphatic heterocycles. The van der Waals surface area contributed by atoms with Crippen molar-refractivity contribution in [3.05, 3.63) is 12.7 Å². The molecule has 0 aromatic heterocycles. The molecule has 2 atom stereocenters. The third-order valence-electron chi connectivity index (χ3n) is 4.26. The van der Waals surface area contributed by atoms with Crippen LogP contribution in [0.25, 0.3) is 0 Å². The van der Waals surface area contributed by atoms with E-state index in [2.05, 4.69) is 47.4 Å². The van der Waals surface area contributed by atoms with E-state index in [1.807, 2.05) is 6.08 Å². The molecule has 2 nitrogen and oxygen atoms in total. The van der Waals surface area contributed by atoms with Gasteiger partial charge in [-0.15, -0.1) is 6.58 Å². The molecule has 17 heavy (non-hydrogen) atoms. The topological polar surface area (TPSA) is 21.8 Å². The van der Waals surface area contributed by atoms with Crippen LogP contribution in [-0.4, -0.2) is 26.6 Å². The Morgan fingerprint density at radius 2 is 2.00 bits per heavy atom. The Morgan fingerprint density at radius 1 is 1.41 bits per heavy atom. The van der Waals surface area contributed by atoms with Crippen LogP contribution in [0, 0.1) is 0 Å². The summed E-state index contributed by atoms with van der Waals surface area (Å²) in [6.07, 6.45) is 4.44. The number of hydrogen-bond acceptors (Lipinski definition) is 2. The first-order chi connectivity index (χ1) is 7.62. The van der Waals surface area contributed by atoms with Crippen LogP contribution in [0.3, 0.4) is 0 Å². The van der Waals surface area contributed by atoms with Crippen molar-refractivity contribution in [3.63, 3.8) is 0 Å². The summed E-state index contributed by atoms with van der Waals surface area (Å²) >= 11 is 0. The van der Waals surface area contributed by atoms with E-state index in [0.717, 1.165) is 19.4 Å². The first-order valence-electron chi connectivity index (χ1n) is 6.58. The largest absolute Gasteiger partial charge is 0.417 e. The second kappa shape index (κ2) is 4.86. The van der Waals surface area contributed by atoms with Crippen LogP contribution < -0.4 is 0 Å². The number of rotatable bonds is 6. The van der Waals surface area contributed by atoms with Crippen molar-refractivity contribution in [1.82, 2.24) is 0 Å². The second-order valence-electron chi connectivity index (χ2n) is 6.75. The highest BCUT2D eigenvalue weighted by molar-refractivity contribution is 6.74. The van der Waals surface area contributed by atoms with Gasteiger partial charge in [-0.05, 0) is 37.9 Å². The molecule has 0 aliphatic carbocycles. The minimum atomic E-state index is -1.56. The molecule has 0 aromatic carbocycles.